The molecule has 108 valence electrons. The third kappa shape index (κ3) is 2.54. The van der Waals surface area contributed by atoms with Crippen molar-refractivity contribution in [3.05, 3.63) is 23.8 Å². The molecule has 1 amide bonds. The zero-order chi connectivity index (χ0) is 13.9. The minimum atomic E-state index is -0.0845. The lowest BCUT2D eigenvalue weighted by Crippen LogP contribution is -2.44. The lowest BCUT2D eigenvalue weighted by Gasteiger charge is -2.39. The molecule has 1 saturated heterocycles. The molecule has 5 heteroatoms. The van der Waals surface area contributed by atoms with E-state index in [4.69, 9.17) is 0 Å². The number of aliphatic hydroxyl groups is 1. The highest BCUT2D eigenvalue weighted by molar-refractivity contribution is 5.80. The number of hydrogen-bond donors (Lipinski definition) is 1. The van der Waals surface area contributed by atoms with Crippen LogP contribution in [0.2, 0.25) is 0 Å². The Hall–Kier alpha value is -1.49. The van der Waals surface area contributed by atoms with Gasteiger partial charge in [-0.05, 0) is 38.2 Å². The number of hydrogen-bond acceptors (Lipinski definition) is 4. The highest BCUT2D eigenvalue weighted by Crippen LogP contribution is 2.35. The number of amides is 1. The fraction of sp³-hybridized carbons (Fsp3) is 0.667. The van der Waals surface area contributed by atoms with E-state index < -0.39 is 0 Å². The van der Waals surface area contributed by atoms with Crippen LogP contribution in [0.5, 0.6) is 0 Å². The van der Waals surface area contributed by atoms with Crippen molar-refractivity contribution in [2.75, 3.05) is 6.54 Å². The van der Waals surface area contributed by atoms with Crippen molar-refractivity contribution in [2.24, 2.45) is 5.92 Å². The second-order valence-corrected chi connectivity index (χ2v) is 5.76. The van der Waals surface area contributed by atoms with Crippen LogP contribution in [0, 0.1) is 5.92 Å². The minimum absolute atomic E-state index is 0.0603. The Morgan fingerprint density at radius 1 is 1.25 bits per heavy atom. The zero-order valence-corrected chi connectivity index (χ0v) is 11.7. The van der Waals surface area contributed by atoms with Gasteiger partial charge >= 0.3 is 0 Å². The Bertz CT molecular complexity index is 488. The lowest BCUT2D eigenvalue weighted by molar-refractivity contribution is -0.142. The van der Waals surface area contributed by atoms with Crippen molar-refractivity contribution in [2.45, 2.75) is 51.2 Å². The van der Waals surface area contributed by atoms with Crippen molar-refractivity contribution in [3.8, 4) is 0 Å². The van der Waals surface area contributed by atoms with Gasteiger partial charge in [0.15, 0.2) is 0 Å². The lowest BCUT2D eigenvalue weighted by atomic mass is 9.83. The first-order valence-electron chi connectivity index (χ1n) is 7.51. The third-order valence-corrected chi connectivity index (χ3v) is 4.49. The molecule has 1 aromatic heterocycles. The molecule has 0 spiro atoms. The molecule has 3 rings (SSSR count). The molecular weight excluding hydrogens is 254 g/mol. The van der Waals surface area contributed by atoms with E-state index >= 15 is 0 Å². The van der Waals surface area contributed by atoms with Crippen LogP contribution in [0.15, 0.2) is 12.4 Å². The SMILES string of the molecule is O=C(C1CCC1)N1CCCCC1c1cc(CO)ncn1. The van der Waals surface area contributed by atoms with Gasteiger partial charge in [0.1, 0.15) is 6.33 Å². The van der Waals surface area contributed by atoms with Crippen LogP contribution in [0.1, 0.15) is 56.0 Å². The summed E-state index contributed by atoms with van der Waals surface area (Å²) in [7, 11) is 0. The normalized spacial score (nSPS) is 23.4. The number of likely N-dealkylation sites (tertiary alicyclic amines) is 1. The molecule has 1 N–H and O–H groups in total. The second kappa shape index (κ2) is 5.87. The maximum absolute atomic E-state index is 12.6. The predicted octanol–water partition coefficient (Wildman–Crippen LogP) is 1.82. The first-order valence-corrected chi connectivity index (χ1v) is 7.51. The van der Waals surface area contributed by atoms with Crippen molar-refractivity contribution < 1.29 is 9.90 Å². The summed E-state index contributed by atoms with van der Waals surface area (Å²) in [5, 5.41) is 9.20. The van der Waals surface area contributed by atoms with E-state index in [1.165, 1.54) is 12.7 Å². The monoisotopic (exact) mass is 275 g/mol. The molecule has 2 fully saturated rings. The Labute approximate surface area is 119 Å². The predicted molar refractivity (Wildman–Crippen MR) is 73.6 cm³/mol. The van der Waals surface area contributed by atoms with Gasteiger partial charge in [0.25, 0.3) is 0 Å². The highest BCUT2D eigenvalue weighted by Gasteiger charge is 2.35. The van der Waals surface area contributed by atoms with E-state index in [0.29, 0.717) is 11.6 Å². The van der Waals surface area contributed by atoms with Crippen LogP contribution in [0.3, 0.4) is 0 Å². The van der Waals surface area contributed by atoms with Crippen molar-refractivity contribution in [1.82, 2.24) is 14.9 Å². The molecule has 2 aliphatic rings. The quantitative estimate of drug-likeness (QED) is 0.913. The van der Waals surface area contributed by atoms with Crippen LogP contribution in [-0.2, 0) is 11.4 Å². The molecule has 2 heterocycles. The highest BCUT2D eigenvalue weighted by atomic mass is 16.3. The largest absolute Gasteiger partial charge is 0.390 e. The molecule has 1 aliphatic carbocycles. The molecular formula is C15H21N3O2. The van der Waals surface area contributed by atoms with Gasteiger partial charge in [-0.1, -0.05) is 6.42 Å². The summed E-state index contributed by atoms with van der Waals surface area (Å²) in [6.45, 7) is 0.747. The number of carbonyl (C=O) groups excluding carboxylic acids is 1. The average molecular weight is 275 g/mol. The number of rotatable bonds is 3. The molecule has 0 aromatic carbocycles. The van der Waals surface area contributed by atoms with Crippen LogP contribution < -0.4 is 0 Å². The van der Waals surface area contributed by atoms with Crippen molar-refractivity contribution in [3.63, 3.8) is 0 Å². The number of nitrogens with zero attached hydrogens (tertiary/aromatic N) is 3. The summed E-state index contributed by atoms with van der Waals surface area (Å²) >= 11 is 0. The summed E-state index contributed by atoms with van der Waals surface area (Å²) in [6.07, 6.45) is 7.89. The zero-order valence-electron chi connectivity index (χ0n) is 11.7. The molecule has 0 bridgehead atoms. The van der Waals surface area contributed by atoms with Gasteiger partial charge in [0.2, 0.25) is 5.91 Å². The Balaban J connectivity index is 1.82. The molecule has 1 atom stereocenters. The number of carbonyl (C=O) groups is 1. The van der Waals surface area contributed by atoms with E-state index in [2.05, 4.69) is 9.97 Å². The summed E-state index contributed by atoms with van der Waals surface area (Å²) in [5.74, 6) is 0.528. The number of aromatic nitrogens is 2. The summed E-state index contributed by atoms with van der Waals surface area (Å²) in [6, 6.07) is 1.89. The third-order valence-electron chi connectivity index (χ3n) is 4.49. The minimum Gasteiger partial charge on any atom is -0.390 e. The topological polar surface area (TPSA) is 66.3 Å². The molecule has 5 nitrogen and oxygen atoms in total. The van der Waals surface area contributed by atoms with Crippen molar-refractivity contribution in [1.29, 1.82) is 0 Å². The second-order valence-electron chi connectivity index (χ2n) is 5.76. The standard InChI is InChI=1S/C15H21N3O2/c19-9-12-8-13(17-10-16-12)14-6-1-2-7-18(14)15(20)11-4-3-5-11/h8,10-11,14,19H,1-7,9H2. The molecule has 1 aliphatic heterocycles. The summed E-state index contributed by atoms with van der Waals surface area (Å²) in [5.41, 5.74) is 1.49. The van der Waals surface area contributed by atoms with E-state index in [-0.39, 0.29) is 18.6 Å². The first kappa shape index (κ1) is 13.5. The van der Waals surface area contributed by atoms with Gasteiger partial charge in [0.05, 0.1) is 24.0 Å². The Morgan fingerprint density at radius 2 is 2.10 bits per heavy atom. The summed E-state index contributed by atoms with van der Waals surface area (Å²) < 4.78 is 0. The molecule has 1 unspecified atom stereocenters. The van der Waals surface area contributed by atoms with Gasteiger partial charge in [-0.3, -0.25) is 4.79 Å². The van der Waals surface area contributed by atoms with E-state index in [1.54, 1.807) is 0 Å². The van der Waals surface area contributed by atoms with E-state index in [0.717, 1.165) is 44.3 Å². The number of aliphatic hydroxyl groups excluding tert-OH is 1. The van der Waals surface area contributed by atoms with Gasteiger partial charge < -0.3 is 10.0 Å². The van der Waals surface area contributed by atoms with Crippen LogP contribution in [-0.4, -0.2) is 32.4 Å². The van der Waals surface area contributed by atoms with Gasteiger partial charge in [-0.2, -0.15) is 0 Å². The fourth-order valence-electron chi connectivity index (χ4n) is 3.08. The van der Waals surface area contributed by atoms with Crippen LogP contribution >= 0.6 is 0 Å². The van der Waals surface area contributed by atoms with E-state index in [1.807, 2.05) is 11.0 Å². The Morgan fingerprint density at radius 3 is 2.80 bits per heavy atom. The molecule has 1 saturated carbocycles. The van der Waals surface area contributed by atoms with Crippen LogP contribution in [0.4, 0.5) is 0 Å². The van der Waals surface area contributed by atoms with Gasteiger partial charge in [-0.15, -0.1) is 0 Å². The maximum Gasteiger partial charge on any atom is 0.226 e. The molecule has 20 heavy (non-hydrogen) atoms. The van der Waals surface area contributed by atoms with E-state index in [9.17, 15) is 9.90 Å². The van der Waals surface area contributed by atoms with Crippen molar-refractivity contribution >= 4 is 5.91 Å². The Kier molecular flexibility index (Phi) is 3.96. The molecule has 0 radical (unpaired) electrons. The maximum atomic E-state index is 12.6. The smallest absolute Gasteiger partial charge is 0.226 e. The summed E-state index contributed by atoms with van der Waals surface area (Å²) in [4.78, 5) is 22.9. The van der Waals surface area contributed by atoms with Crippen LogP contribution in [0.25, 0.3) is 0 Å². The fourth-order valence-corrected chi connectivity index (χ4v) is 3.08. The first-order chi connectivity index (χ1) is 9.79. The van der Waals surface area contributed by atoms with Gasteiger partial charge in [-0.25, -0.2) is 9.97 Å². The average Bonchev–Trinajstić information content (AvgIpc) is 2.45. The van der Waals surface area contributed by atoms with Gasteiger partial charge in [0, 0.05) is 12.5 Å². The number of piperidine rings is 1. The molecule has 1 aromatic rings.